The van der Waals surface area contributed by atoms with Crippen LogP contribution in [0.2, 0.25) is 0 Å². The van der Waals surface area contributed by atoms with E-state index in [-0.39, 0.29) is 30.0 Å². The second-order valence-electron chi connectivity index (χ2n) is 10.3. The van der Waals surface area contributed by atoms with Gasteiger partial charge in [0.15, 0.2) is 11.6 Å². The number of hydrogen-bond acceptors (Lipinski definition) is 3. The number of allylic oxidation sites excluding steroid dienone is 2. The molecule has 33 heavy (non-hydrogen) atoms. The molecule has 3 nitrogen and oxygen atoms in total. The average molecular weight is 455 g/mol. The molecule has 4 heteroatoms. The van der Waals surface area contributed by atoms with Crippen LogP contribution in [0.5, 0.6) is 11.5 Å². The third-order valence-corrected chi connectivity index (χ3v) is 8.42. The normalized spacial score (nSPS) is 32.2. The zero-order valence-electron chi connectivity index (χ0n) is 20.0. The van der Waals surface area contributed by atoms with Crippen LogP contribution < -0.4 is 9.47 Å². The lowest BCUT2D eigenvalue weighted by Crippen LogP contribution is -2.40. The number of carbonyl (C=O) groups excluding carboxylic acids is 1. The first-order valence-electron chi connectivity index (χ1n) is 13.0. The SMILES string of the molecule is C=CCOc1ccc(OC(=O)C2CCCC3CC(C4CCC(/C=C/C)CC4)CCC32)cc1F. The van der Waals surface area contributed by atoms with Gasteiger partial charge in [0.25, 0.3) is 0 Å². The number of esters is 1. The first kappa shape index (κ1) is 24.0. The van der Waals surface area contributed by atoms with E-state index in [9.17, 15) is 9.18 Å². The van der Waals surface area contributed by atoms with Crippen LogP contribution in [0.3, 0.4) is 0 Å². The lowest BCUT2D eigenvalue weighted by atomic mass is 9.59. The second-order valence-corrected chi connectivity index (χ2v) is 10.3. The van der Waals surface area contributed by atoms with Gasteiger partial charge in [0.1, 0.15) is 12.4 Å². The molecule has 3 fully saturated rings. The van der Waals surface area contributed by atoms with Crippen LogP contribution in [0.1, 0.15) is 71.1 Å². The minimum Gasteiger partial charge on any atom is -0.486 e. The summed E-state index contributed by atoms with van der Waals surface area (Å²) in [6.45, 7) is 5.93. The van der Waals surface area contributed by atoms with Gasteiger partial charge in [0.05, 0.1) is 5.92 Å². The molecule has 4 atom stereocenters. The second kappa shape index (κ2) is 11.4. The molecule has 1 aromatic rings. The summed E-state index contributed by atoms with van der Waals surface area (Å²) in [4.78, 5) is 13.1. The van der Waals surface area contributed by atoms with Crippen molar-refractivity contribution in [2.75, 3.05) is 6.61 Å². The zero-order chi connectivity index (χ0) is 23.2. The summed E-state index contributed by atoms with van der Waals surface area (Å²) in [5.74, 6) is 3.16. The highest BCUT2D eigenvalue weighted by Gasteiger charge is 2.43. The van der Waals surface area contributed by atoms with Gasteiger partial charge in [-0.1, -0.05) is 37.6 Å². The molecule has 3 aliphatic rings. The van der Waals surface area contributed by atoms with E-state index < -0.39 is 5.82 Å². The highest BCUT2D eigenvalue weighted by atomic mass is 19.1. The third kappa shape index (κ3) is 5.88. The molecule has 0 amide bonds. The van der Waals surface area contributed by atoms with Crippen molar-refractivity contribution in [3.63, 3.8) is 0 Å². The Morgan fingerprint density at radius 3 is 2.58 bits per heavy atom. The maximum Gasteiger partial charge on any atom is 0.314 e. The van der Waals surface area contributed by atoms with E-state index in [1.54, 1.807) is 12.1 Å². The van der Waals surface area contributed by atoms with Crippen LogP contribution in [0.25, 0.3) is 0 Å². The van der Waals surface area contributed by atoms with Gasteiger partial charge < -0.3 is 9.47 Å². The molecule has 0 aliphatic heterocycles. The maximum atomic E-state index is 14.3. The zero-order valence-corrected chi connectivity index (χ0v) is 20.0. The summed E-state index contributed by atoms with van der Waals surface area (Å²) in [5, 5.41) is 0. The summed E-state index contributed by atoms with van der Waals surface area (Å²) in [7, 11) is 0. The Hall–Kier alpha value is -2.10. The maximum absolute atomic E-state index is 14.3. The number of hydrogen-bond donors (Lipinski definition) is 0. The molecule has 0 heterocycles. The Labute approximate surface area is 198 Å². The highest BCUT2D eigenvalue weighted by molar-refractivity contribution is 5.75. The van der Waals surface area contributed by atoms with Crippen molar-refractivity contribution in [2.24, 2.45) is 35.5 Å². The van der Waals surface area contributed by atoms with Gasteiger partial charge in [-0.05, 0) is 100 Å². The van der Waals surface area contributed by atoms with Gasteiger partial charge in [-0.25, -0.2) is 4.39 Å². The average Bonchev–Trinajstić information content (AvgIpc) is 2.83. The van der Waals surface area contributed by atoms with Gasteiger partial charge in [0, 0.05) is 6.07 Å². The molecule has 0 saturated heterocycles. The molecule has 3 aliphatic carbocycles. The summed E-state index contributed by atoms with van der Waals surface area (Å²) in [6.07, 6.45) is 18.4. The van der Waals surface area contributed by atoms with Gasteiger partial charge in [-0.15, -0.1) is 0 Å². The smallest absolute Gasteiger partial charge is 0.314 e. The van der Waals surface area contributed by atoms with Crippen molar-refractivity contribution in [2.45, 2.75) is 71.1 Å². The van der Waals surface area contributed by atoms with Crippen LogP contribution in [0, 0.1) is 41.3 Å². The van der Waals surface area contributed by atoms with Gasteiger partial charge >= 0.3 is 5.97 Å². The number of benzene rings is 1. The van der Waals surface area contributed by atoms with E-state index in [0.29, 0.717) is 11.8 Å². The van der Waals surface area contributed by atoms with Crippen molar-refractivity contribution >= 4 is 5.97 Å². The third-order valence-electron chi connectivity index (χ3n) is 8.42. The monoisotopic (exact) mass is 454 g/mol. The molecule has 0 spiro atoms. The van der Waals surface area contributed by atoms with E-state index in [1.165, 1.54) is 57.1 Å². The predicted octanol–water partition coefficient (Wildman–Crippen LogP) is 7.51. The van der Waals surface area contributed by atoms with Crippen molar-refractivity contribution in [1.29, 1.82) is 0 Å². The largest absolute Gasteiger partial charge is 0.486 e. The first-order chi connectivity index (χ1) is 16.1. The van der Waals surface area contributed by atoms with Crippen molar-refractivity contribution in [1.82, 2.24) is 0 Å². The Morgan fingerprint density at radius 1 is 1.06 bits per heavy atom. The van der Waals surface area contributed by atoms with Gasteiger partial charge in [-0.3, -0.25) is 4.79 Å². The van der Waals surface area contributed by atoms with Crippen molar-refractivity contribution < 1.29 is 18.7 Å². The minimum atomic E-state index is -0.520. The Morgan fingerprint density at radius 2 is 1.85 bits per heavy atom. The molecule has 0 bridgehead atoms. The number of fused-ring (bicyclic) bond motifs is 1. The standard InChI is InChI=1S/C29H39FO3/c1-3-6-20-9-11-21(12-10-20)22-13-15-25-23(18-22)7-5-8-26(25)29(31)33-24-14-16-28(27(30)19-24)32-17-4-2/h3-4,6,14,16,19-23,25-26H,2,5,7-13,15,17-18H2,1H3/b6-3+. The van der Waals surface area contributed by atoms with Crippen LogP contribution in [-0.2, 0) is 4.79 Å². The molecule has 4 unspecified atom stereocenters. The van der Waals surface area contributed by atoms with Crippen LogP contribution >= 0.6 is 0 Å². The molecule has 1 aromatic carbocycles. The lowest BCUT2D eigenvalue weighted by molar-refractivity contribution is -0.144. The van der Waals surface area contributed by atoms with Crippen molar-refractivity contribution in [3.8, 4) is 11.5 Å². The molecular formula is C29H39FO3. The predicted molar refractivity (Wildman–Crippen MR) is 130 cm³/mol. The fourth-order valence-corrected chi connectivity index (χ4v) is 6.80. The van der Waals surface area contributed by atoms with Crippen LogP contribution in [0.15, 0.2) is 43.0 Å². The van der Waals surface area contributed by atoms with Gasteiger partial charge in [-0.2, -0.15) is 0 Å². The molecule has 180 valence electrons. The van der Waals surface area contributed by atoms with Crippen LogP contribution in [0.4, 0.5) is 4.39 Å². The topological polar surface area (TPSA) is 35.5 Å². The molecule has 0 N–H and O–H groups in total. The molecule has 0 aromatic heterocycles. The van der Waals surface area contributed by atoms with E-state index in [2.05, 4.69) is 25.7 Å². The van der Waals surface area contributed by atoms with E-state index in [1.807, 2.05) is 0 Å². The van der Waals surface area contributed by atoms with Gasteiger partial charge in [0.2, 0.25) is 0 Å². The quantitative estimate of drug-likeness (QED) is 0.243. The molecule has 3 saturated carbocycles. The fraction of sp³-hybridized carbons (Fsp3) is 0.621. The Balaban J connectivity index is 1.33. The van der Waals surface area contributed by atoms with E-state index >= 15 is 0 Å². The summed E-state index contributed by atoms with van der Waals surface area (Å²) in [5.41, 5.74) is 0. The summed E-state index contributed by atoms with van der Waals surface area (Å²) >= 11 is 0. The number of ether oxygens (including phenoxy) is 2. The molecular weight excluding hydrogens is 415 g/mol. The first-order valence-corrected chi connectivity index (χ1v) is 13.0. The highest BCUT2D eigenvalue weighted by Crippen LogP contribution is 2.50. The lowest BCUT2D eigenvalue weighted by Gasteiger charge is -2.45. The number of halogens is 1. The van der Waals surface area contributed by atoms with E-state index in [0.717, 1.165) is 37.0 Å². The fourth-order valence-electron chi connectivity index (χ4n) is 6.80. The number of carbonyl (C=O) groups is 1. The molecule has 0 radical (unpaired) electrons. The van der Waals surface area contributed by atoms with E-state index in [4.69, 9.17) is 9.47 Å². The minimum absolute atomic E-state index is 0.0603. The van der Waals surface area contributed by atoms with Crippen molar-refractivity contribution in [3.05, 3.63) is 48.8 Å². The summed E-state index contributed by atoms with van der Waals surface area (Å²) in [6, 6.07) is 4.37. The Bertz CT molecular complexity index is 839. The Kier molecular flexibility index (Phi) is 8.27. The van der Waals surface area contributed by atoms with Crippen LogP contribution in [-0.4, -0.2) is 12.6 Å². The molecule has 4 rings (SSSR count). The summed E-state index contributed by atoms with van der Waals surface area (Å²) < 4.78 is 25.2. The number of rotatable bonds is 7.